The Morgan fingerprint density at radius 3 is 2.60 bits per heavy atom. The Labute approximate surface area is 117 Å². The van der Waals surface area contributed by atoms with E-state index in [0.717, 1.165) is 37.8 Å². The molecule has 4 heteroatoms. The van der Waals surface area contributed by atoms with Crippen LogP contribution in [0.25, 0.3) is 0 Å². The number of allylic oxidation sites excluding steroid dienone is 1. The van der Waals surface area contributed by atoms with Crippen molar-refractivity contribution in [3.8, 4) is 0 Å². The Morgan fingerprint density at radius 2 is 1.95 bits per heavy atom. The third-order valence-corrected chi connectivity index (χ3v) is 3.02. The van der Waals surface area contributed by atoms with Gasteiger partial charge in [-0.05, 0) is 30.9 Å². The number of hydrogen-bond acceptors (Lipinski definition) is 1. The number of halogens is 3. The van der Waals surface area contributed by atoms with E-state index in [4.69, 9.17) is 0 Å². The van der Waals surface area contributed by atoms with Gasteiger partial charge >= 0.3 is 6.18 Å². The number of unbranched alkanes of at least 4 members (excludes halogenated alkanes) is 3. The first-order valence-corrected chi connectivity index (χ1v) is 6.72. The number of alkyl halides is 3. The molecule has 0 saturated carbocycles. The van der Waals surface area contributed by atoms with Crippen LogP contribution in [0.4, 0.5) is 13.2 Å². The first-order chi connectivity index (χ1) is 9.43. The van der Waals surface area contributed by atoms with Crippen molar-refractivity contribution in [2.45, 2.75) is 44.7 Å². The van der Waals surface area contributed by atoms with Gasteiger partial charge in [-0.1, -0.05) is 30.7 Å². The average molecular weight is 284 g/mol. The molecule has 0 aromatic heterocycles. The van der Waals surface area contributed by atoms with Gasteiger partial charge in [0.05, 0.1) is 5.56 Å². The van der Waals surface area contributed by atoms with E-state index < -0.39 is 11.7 Å². The van der Waals surface area contributed by atoms with Crippen molar-refractivity contribution >= 4 is 5.78 Å². The summed E-state index contributed by atoms with van der Waals surface area (Å²) in [6.07, 6.45) is 1.64. The van der Waals surface area contributed by atoms with Crippen LogP contribution in [-0.2, 0) is 17.4 Å². The Morgan fingerprint density at radius 1 is 1.20 bits per heavy atom. The highest BCUT2D eigenvalue weighted by Gasteiger charge is 2.30. The van der Waals surface area contributed by atoms with E-state index in [2.05, 4.69) is 6.58 Å². The molecule has 0 heterocycles. The third-order valence-electron chi connectivity index (χ3n) is 3.02. The second-order valence-electron chi connectivity index (χ2n) is 4.80. The fraction of sp³-hybridized carbons (Fsp3) is 0.438. The summed E-state index contributed by atoms with van der Waals surface area (Å²) < 4.78 is 37.6. The van der Waals surface area contributed by atoms with Crippen LogP contribution in [-0.4, -0.2) is 5.78 Å². The molecule has 1 aromatic rings. The van der Waals surface area contributed by atoms with Gasteiger partial charge in [0.25, 0.3) is 0 Å². The highest BCUT2D eigenvalue weighted by molar-refractivity contribution is 5.80. The molecule has 1 nitrogen and oxygen atoms in total. The van der Waals surface area contributed by atoms with Gasteiger partial charge in [-0.15, -0.1) is 6.58 Å². The van der Waals surface area contributed by atoms with Crippen LogP contribution in [0.3, 0.4) is 0 Å². The van der Waals surface area contributed by atoms with Crippen LogP contribution in [0.15, 0.2) is 36.9 Å². The predicted octanol–water partition coefficient (Wildman–Crippen LogP) is 4.95. The van der Waals surface area contributed by atoms with E-state index in [1.165, 1.54) is 6.07 Å². The van der Waals surface area contributed by atoms with Crippen molar-refractivity contribution in [2.24, 2.45) is 0 Å². The second-order valence-corrected chi connectivity index (χ2v) is 4.80. The standard InChI is InChI=1S/C16H19F3O/c1-2-3-4-5-6-10-15(20)12-13-8-7-9-14(11-13)16(17,18)19/h2,7-9,11H,1,3-6,10,12H2. The molecule has 0 N–H and O–H groups in total. The van der Waals surface area contributed by atoms with Crippen LogP contribution >= 0.6 is 0 Å². The van der Waals surface area contributed by atoms with E-state index in [1.54, 1.807) is 6.07 Å². The van der Waals surface area contributed by atoms with Gasteiger partial charge in [-0.2, -0.15) is 13.2 Å². The van der Waals surface area contributed by atoms with Gasteiger partial charge in [0, 0.05) is 12.8 Å². The molecule has 0 aliphatic heterocycles. The quantitative estimate of drug-likeness (QED) is 0.487. The first kappa shape index (κ1) is 16.5. The minimum absolute atomic E-state index is 0.0112. The number of hydrogen-bond donors (Lipinski definition) is 0. The number of Topliss-reactive ketones (excluding diaryl/α,β-unsaturated/α-hetero) is 1. The smallest absolute Gasteiger partial charge is 0.299 e. The molecule has 0 atom stereocenters. The van der Waals surface area contributed by atoms with E-state index in [9.17, 15) is 18.0 Å². The number of carbonyl (C=O) groups excluding carboxylic acids is 1. The summed E-state index contributed by atoms with van der Waals surface area (Å²) in [5, 5.41) is 0. The van der Waals surface area contributed by atoms with Crippen LogP contribution in [0, 0.1) is 0 Å². The fourth-order valence-electron chi connectivity index (χ4n) is 1.96. The largest absolute Gasteiger partial charge is 0.416 e. The molecule has 0 amide bonds. The molecule has 0 aliphatic carbocycles. The first-order valence-electron chi connectivity index (χ1n) is 6.72. The average Bonchev–Trinajstić information content (AvgIpc) is 2.38. The lowest BCUT2D eigenvalue weighted by molar-refractivity contribution is -0.137. The van der Waals surface area contributed by atoms with Gasteiger partial charge in [0.15, 0.2) is 0 Å². The summed E-state index contributed by atoms with van der Waals surface area (Å²) in [4.78, 5) is 11.7. The maximum atomic E-state index is 12.5. The molecule has 0 saturated heterocycles. The zero-order valence-corrected chi connectivity index (χ0v) is 11.4. The van der Waals surface area contributed by atoms with E-state index in [1.807, 2.05) is 6.08 Å². The highest BCUT2D eigenvalue weighted by Crippen LogP contribution is 2.29. The van der Waals surface area contributed by atoms with E-state index in [-0.39, 0.29) is 12.2 Å². The van der Waals surface area contributed by atoms with Crippen molar-refractivity contribution in [3.05, 3.63) is 48.0 Å². The Kier molecular flexibility index (Phi) is 6.49. The van der Waals surface area contributed by atoms with E-state index in [0.29, 0.717) is 12.0 Å². The molecule has 1 rings (SSSR count). The molecule has 0 unspecified atom stereocenters. The third kappa shape index (κ3) is 6.04. The van der Waals surface area contributed by atoms with Crippen LogP contribution in [0.2, 0.25) is 0 Å². The zero-order chi connectivity index (χ0) is 15.0. The van der Waals surface area contributed by atoms with Crippen molar-refractivity contribution in [1.29, 1.82) is 0 Å². The number of carbonyl (C=O) groups is 1. The molecular formula is C16H19F3O. The molecule has 20 heavy (non-hydrogen) atoms. The number of rotatable bonds is 8. The highest BCUT2D eigenvalue weighted by atomic mass is 19.4. The maximum Gasteiger partial charge on any atom is 0.416 e. The molecular weight excluding hydrogens is 265 g/mol. The zero-order valence-electron chi connectivity index (χ0n) is 11.4. The topological polar surface area (TPSA) is 17.1 Å². The van der Waals surface area contributed by atoms with Gasteiger partial charge < -0.3 is 0 Å². The van der Waals surface area contributed by atoms with Gasteiger partial charge in [-0.3, -0.25) is 4.79 Å². The van der Waals surface area contributed by atoms with Crippen LogP contribution < -0.4 is 0 Å². The van der Waals surface area contributed by atoms with Crippen molar-refractivity contribution < 1.29 is 18.0 Å². The lowest BCUT2D eigenvalue weighted by Crippen LogP contribution is -2.07. The van der Waals surface area contributed by atoms with Gasteiger partial charge in [0.1, 0.15) is 5.78 Å². The number of ketones is 1. The van der Waals surface area contributed by atoms with Crippen molar-refractivity contribution in [1.82, 2.24) is 0 Å². The normalized spacial score (nSPS) is 11.3. The summed E-state index contributed by atoms with van der Waals surface area (Å²) in [5.41, 5.74) is -0.273. The summed E-state index contributed by atoms with van der Waals surface area (Å²) >= 11 is 0. The summed E-state index contributed by atoms with van der Waals surface area (Å²) in [6.45, 7) is 3.62. The van der Waals surface area contributed by atoms with Gasteiger partial charge in [0.2, 0.25) is 0 Å². The molecule has 0 bridgehead atoms. The summed E-state index contributed by atoms with van der Waals surface area (Å²) in [6, 6.07) is 4.97. The maximum absolute atomic E-state index is 12.5. The fourth-order valence-corrected chi connectivity index (χ4v) is 1.96. The van der Waals surface area contributed by atoms with Crippen LogP contribution in [0.1, 0.15) is 43.2 Å². The molecule has 1 aromatic carbocycles. The molecule has 0 aliphatic rings. The predicted molar refractivity (Wildman–Crippen MR) is 73.4 cm³/mol. The van der Waals surface area contributed by atoms with Crippen LogP contribution in [0.5, 0.6) is 0 Å². The van der Waals surface area contributed by atoms with Crippen molar-refractivity contribution in [3.63, 3.8) is 0 Å². The van der Waals surface area contributed by atoms with Crippen molar-refractivity contribution in [2.75, 3.05) is 0 Å². The lowest BCUT2D eigenvalue weighted by Gasteiger charge is -2.08. The molecule has 0 fully saturated rings. The summed E-state index contributed by atoms with van der Waals surface area (Å²) in [5.74, 6) is -0.0112. The number of benzene rings is 1. The minimum atomic E-state index is -4.36. The Hall–Kier alpha value is -1.58. The molecule has 0 spiro atoms. The second kappa shape index (κ2) is 7.88. The monoisotopic (exact) mass is 284 g/mol. The molecule has 0 radical (unpaired) electrons. The van der Waals surface area contributed by atoms with E-state index >= 15 is 0 Å². The molecule has 110 valence electrons. The Balaban J connectivity index is 2.44. The van der Waals surface area contributed by atoms with Gasteiger partial charge in [-0.25, -0.2) is 0 Å². The lowest BCUT2D eigenvalue weighted by atomic mass is 10.0. The Bertz CT molecular complexity index is 449. The SMILES string of the molecule is C=CCCCCCC(=O)Cc1cccc(C(F)(F)F)c1. The minimum Gasteiger partial charge on any atom is -0.299 e. The summed E-state index contributed by atoms with van der Waals surface area (Å²) in [7, 11) is 0.